The Morgan fingerprint density at radius 1 is 1.50 bits per heavy atom. The Morgan fingerprint density at radius 2 is 2.33 bits per heavy atom. The average Bonchev–Trinajstić information content (AvgIpc) is 1.76. The molecule has 1 aromatic heterocycles. The molecule has 0 bridgehead atoms. The molecule has 0 aliphatic carbocycles. The molecule has 0 unspecified atom stereocenters. The molecule has 1 aromatic rings. The molecule has 1 rings (SSSR count). The third-order valence-electron chi connectivity index (χ3n) is 0.270. The third-order valence-corrected chi connectivity index (χ3v) is 0.270. The van der Waals surface area contributed by atoms with Crippen LogP contribution in [-0.2, 0) is 0 Å². The van der Waals surface area contributed by atoms with Crippen LogP contribution in [0.2, 0.25) is 0 Å². The highest BCUT2D eigenvalue weighted by Crippen LogP contribution is 1.43. The van der Waals surface area contributed by atoms with Crippen LogP contribution in [0.1, 0.15) is 0 Å². The highest BCUT2D eigenvalue weighted by molar-refractivity contribution is 4.24. The second-order valence-electron chi connectivity index (χ2n) is 0.563. The first-order valence-corrected chi connectivity index (χ1v) is 1.17. The second kappa shape index (κ2) is 2.28. The fourth-order valence-corrected chi connectivity index (χ4v) is 0.129. The second-order valence-corrected chi connectivity index (χ2v) is 0.563. The van der Waals surface area contributed by atoms with E-state index in [2.05, 4.69) is 20.6 Å². The van der Waals surface area contributed by atoms with Crippen LogP contribution < -0.4 is 0 Å². The van der Waals surface area contributed by atoms with E-state index < -0.39 is 0 Å². The highest BCUT2D eigenvalue weighted by atomic mass is 16.0. The predicted octanol–water partition coefficient (Wildman–Crippen LogP) is -1.63. The van der Waals surface area contributed by atoms with E-state index in [1.807, 2.05) is 0 Å². The van der Waals surface area contributed by atoms with Crippen LogP contribution in [-0.4, -0.2) is 26.1 Å². The normalized spacial score (nSPS) is 6.67. The molecule has 34 valence electrons. The van der Waals surface area contributed by atoms with Crippen molar-refractivity contribution in [3.8, 4) is 0 Å². The van der Waals surface area contributed by atoms with Gasteiger partial charge < -0.3 is 5.48 Å². The maximum Gasteiger partial charge on any atom is 0.135 e. The van der Waals surface area contributed by atoms with E-state index in [-0.39, 0.29) is 5.48 Å². The molecule has 1 heterocycles. The van der Waals surface area contributed by atoms with Crippen LogP contribution in [0.5, 0.6) is 0 Å². The number of aromatic amines is 1. The Hall–Kier alpha value is -0.970. The first-order chi connectivity index (χ1) is 2.50. The zero-order valence-electron chi connectivity index (χ0n) is 2.92. The van der Waals surface area contributed by atoms with Gasteiger partial charge in [-0.3, -0.25) is 0 Å². The van der Waals surface area contributed by atoms with Gasteiger partial charge in [0.2, 0.25) is 0 Å². The summed E-state index contributed by atoms with van der Waals surface area (Å²) in [6, 6.07) is 0. The zero-order chi connectivity index (χ0) is 3.54. The van der Waals surface area contributed by atoms with Gasteiger partial charge in [-0.15, -0.1) is 5.10 Å². The van der Waals surface area contributed by atoms with Crippen LogP contribution in [0.25, 0.3) is 0 Å². The van der Waals surface area contributed by atoms with Crippen molar-refractivity contribution >= 4 is 0 Å². The van der Waals surface area contributed by atoms with Crippen molar-refractivity contribution in [2.75, 3.05) is 0 Å². The van der Waals surface area contributed by atoms with E-state index in [0.29, 0.717) is 0 Å². The Morgan fingerprint density at radius 3 is 2.50 bits per heavy atom. The van der Waals surface area contributed by atoms with E-state index in [9.17, 15) is 0 Å². The van der Waals surface area contributed by atoms with Gasteiger partial charge in [-0.05, 0) is 10.4 Å². The van der Waals surface area contributed by atoms with Crippen molar-refractivity contribution in [2.24, 2.45) is 0 Å². The minimum absolute atomic E-state index is 0. The fraction of sp³-hybridized carbons (Fsp3) is 0. The van der Waals surface area contributed by atoms with Crippen LogP contribution in [0.4, 0.5) is 0 Å². The van der Waals surface area contributed by atoms with E-state index in [1.54, 1.807) is 0 Å². The first kappa shape index (κ1) is 5.03. The molecule has 5 heteroatoms. The number of H-pyrrole nitrogens is 1. The SMILES string of the molecule is O.c1nnn[nH]1. The summed E-state index contributed by atoms with van der Waals surface area (Å²) in [4.78, 5) is 0. The lowest BCUT2D eigenvalue weighted by Crippen LogP contribution is -1.64. The predicted molar refractivity (Wildman–Crippen MR) is 17.8 cm³/mol. The van der Waals surface area contributed by atoms with Crippen molar-refractivity contribution in [2.45, 2.75) is 0 Å². The smallest absolute Gasteiger partial charge is 0.135 e. The minimum atomic E-state index is 0. The van der Waals surface area contributed by atoms with Crippen molar-refractivity contribution < 1.29 is 5.48 Å². The van der Waals surface area contributed by atoms with Gasteiger partial charge in [0.05, 0.1) is 0 Å². The van der Waals surface area contributed by atoms with Crippen molar-refractivity contribution in [1.82, 2.24) is 20.6 Å². The minimum Gasteiger partial charge on any atom is -0.412 e. The Balaban J connectivity index is 0.000000250. The number of tetrazole rings is 1. The molecule has 0 radical (unpaired) electrons. The van der Waals surface area contributed by atoms with Gasteiger partial charge in [0.25, 0.3) is 0 Å². The molecule has 0 aliphatic rings. The molecule has 0 fully saturated rings. The average molecular weight is 88.1 g/mol. The monoisotopic (exact) mass is 88.0 g/mol. The van der Waals surface area contributed by atoms with Gasteiger partial charge in [0.15, 0.2) is 0 Å². The first-order valence-electron chi connectivity index (χ1n) is 1.17. The number of nitrogens with one attached hydrogen (secondary N) is 1. The van der Waals surface area contributed by atoms with Gasteiger partial charge in [0.1, 0.15) is 6.33 Å². The molecule has 0 saturated heterocycles. The lowest BCUT2D eigenvalue weighted by Gasteiger charge is -1.42. The summed E-state index contributed by atoms with van der Waals surface area (Å²) in [6.45, 7) is 0. The quantitative estimate of drug-likeness (QED) is 0.413. The molecule has 0 spiro atoms. The number of aromatic nitrogens is 4. The molecule has 0 amide bonds. The van der Waals surface area contributed by atoms with Crippen molar-refractivity contribution in [1.29, 1.82) is 0 Å². The highest BCUT2D eigenvalue weighted by Gasteiger charge is 1.58. The van der Waals surface area contributed by atoms with Gasteiger partial charge in [-0.2, -0.15) is 0 Å². The summed E-state index contributed by atoms with van der Waals surface area (Å²) in [5.74, 6) is 0. The van der Waals surface area contributed by atoms with E-state index in [0.717, 1.165) is 0 Å². The Kier molecular flexibility index (Phi) is 1.91. The lowest BCUT2D eigenvalue weighted by molar-refractivity contribution is 0.824. The maximum atomic E-state index is 3.31. The number of hydrogen-bond donors (Lipinski definition) is 1. The summed E-state index contributed by atoms with van der Waals surface area (Å²) >= 11 is 0. The molecule has 0 saturated carbocycles. The number of rotatable bonds is 0. The van der Waals surface area contributed by atoms with Crippen LogP contribution in [0.15, 0.2) is 6.33 Å². The van der Waals surface area contributed by atoms with E-state index in [4.69, 9.17) is 0 Å². The third kappa shape index (κ3) is 0.769. The molecule has 0 aromatic carbocycles. The van der Waals surface area contributed by atoms with Crippen molar-refractivity contribution in [3.05, 3.63) is 6.33 Å². The van der Waals surface area contributed by atoms with Crippen LogP contribution in [0, 0.1) is 0 Å². The molecule has 0 atom stereocenters. The molecular weight excluding hydrogens is 84.0 g/mol. The van der Waals surface area contributed by atoms with Crippen LogP contribution in [0.3, 0.4) is 0 Å². The summed E-state index contributed by atoms with van der Waals surface area (Å²) in [7, 11) is 0. The molecule has 6 heavy (non-hydrogen) atoms. The summed E-state index contributed by atoms with van der Waals surface area (Å²) < 4.78 is 0. The molecule has 0 aliphatic heterocycles. The Labute approximate surface area is 33.7 Å². The molecule has 5 nitrogen and oxygen atoms in total. The molecule has 3 N–H and O–H groups in total. The lowest BCUT2D eigenvalue weighted by atomic mass is 11.4. The number of hydrogen-bond acceptors (Lipinski definition) is 3. The molecular formula is CH4N4O. The Bertz CT molecular complexity index is 64.0. The van der Waals surface area contributed by atoms with Crippen molar-refractivity contribution in [3.63, 3.8) is 0 Å². The van der Waals surface area contributed by atoms with Crippen LogP contribution >= 0.6 is 0 Å². The van der Waals surface area contributed by atoms with Gasteiger partial charge in [-0.1, -0.05) is 0 Å². The summed E-state index contributed by atoms with van der Waals surface area (Å²) in [5.41, 5.74) is 0. The van der Waals surface area contributed by atoms with E-state index in [1.165, 1.54) is 6.33 Å². The maximum absolute atomic E-state index is 3.31. The summed E-state index contributed by atoms with van der Waals surface area (Å²) in [6.07, 6.45) is 1.40. The standard InChI is InChI=1S/CH2N4.H2O/c1-2-4-5-3-1;/h1H,(H,2,3,4,5);1H2. The fourth-order valence-electron chi connectivity index (χ4n) is 0.129. The zero-order valence-corrected chi connectivity index (χ0v) is 2.92. The number of nitrogens with zero attached hydrogens (tertiary/aromatic N) is 3. The van der Waals surface area contributed by atoms with E-state index >= 15 is 0 Å². The van der Waals surface area contributed by atoms with Gasteiger partial charge >= 0.3 is 0 Å². The van der Waals surface area contributed by atoms with Gasteiger partial charge in [-0.25, -0.2) is 5.10 Å². The van der Waals surface area contributed by atoms with Gasteiger partial charge in [0, 0.05) is 0 Å². The topological polar surface area (TPSA) is 86.0 Å². The summed E-state index contributed by atoms with van der Waals surface area (Å²) in [5, 5.41) is 12.1. The largest absolute Gasteiger partial charge is 0.412 e.